The average molecular weight is 264 g/mol. The van der Waals surface area contributed by atoms with Crippen LogP contribution in [0, 0.1) is 0 Å². The zero-order valence-electron chi connectivity index (χ0n) is 11.7. The summed E-state index contributed by atoms with van der Waals surface area (Å²) in [5.74, 6) is 0. The SMILES string of the molecule is CCN1CCCC[C@@H]1c1ccc(SC(C)C)nc1. The lowest BCUT2D eigenvalue weighted by Crippen LogP contribution is -2.33. The van der Waals surface area contributed by atoms with E-state index in [9.17, 15) is 0 Å². The number of rotatable bonds is 4. The molecule has 1 aromatic rings. The lowest BCUT2D eigenvalue weighted by molar-refractivity contribution is 0.157. The fraction of sp³-hybridized carbons (Fsp3) is 0.667. The van der Waals surface area contributed by atoms with Crippen LogP contribution in [0.1, 0.15) is 51.6 Å². The Hall–Kier alpha value is -0.540. The van der Waals surface area contributed by atoms with Gasteiger partial charge in [0.05, 0.1) is 5.03 Å². The Morgan fingerprint density at radius 3 is 2.83 bits per heavy atom. The van der Waals surface area contributed by atoms with Crippen LogP contribution in [0.15, 0.2) is 23.4 Å². The Morgan fingerprint density at radius 2 is 2.22 bits per heavy atom. The molecular weight excluding hydrogens is 240 g/mol. The van der Waals surface area contributed by atoms with Crippen molar-refractivity contribution < 1.29 is 0 Å². The van der Waals surface area contributed by atoms with Crippen LogP contribution in [-0.4, -0.2) is 28.2 Å². The molecule has 0 saturated carbocycles. The predicted octanol–water partition coefficient (Wildman–Crippen LogP) is 4.13. The van der Waals surface area contributed by atoms with Crippen molar-refractivity contribution in [3.05, 3.63) is 23.9 Å². The minimum absolute atomic E-state index is 0.592. The third-order valence-electron chi connectivity index (χ3n) is 3.52. The monoisotopic (exact) mass is 264 g/mol. The molecule has 0 spiro atoms. The molecule has 1 atom stereocenters. The molecule has 0 bridgehead atoms. The first-order valence-corrected chi connectivity index (χ1v) is 7.95. The summed E-state index contributed by atoms with van der Waals surface area (Å²) in [6, 6.07) is 5.05. The van der Waals surface area contributed by atoms with Crippen LogP contribution >= 0.6 is 11.8 Å². The maximum atomic E-state index is 4.60. The number of pyridine rings is 1. The van der Waals surface area contributed by atoms with Crippen molar-refractivity contribution >= 4 is 11.8 Å². The second kappa shape index (κ2) is 6.58. The molecule has 18 heavy (non-hydrogen) atoms. The highest BCUT2D eigenvalue weighted by atomic mass is 32.2. The predicted molar refractivity (Wildman–Crippen MR) is 79.1 cm³/mol. The number of hydrogen-bond acceptors (Lipinski definition) is 3. The molecule has 2 rings (SSSR count). The standard InChI is InChI=1S/C15H24N2S/c1-4-17-10-6-5-7-14(17)13-8-9-15(16-11-13)18-12(2)3/h8-9,11-12,14H,4-7,10H2,1-3H3/t14-/m1/s1. The van der Waals surface area contributed by atoms with Gasteiger partial charge in [-0.05, 0) is 37.6 Å². The molecule has 2 nitrogen and oxygen atoms in total. The summed E-state index contributed by atoms with van der Waals surface area (Å²) in [5, 5.41) is 1.75. The Balaban J connectivity index is 2.07. The molecule has 1 aromatic heterocycles. The largest absolute Gasteiger partial charge is 0.297 e. The normalized spacial score (nSPS) is 21.4. The van der Waals surface area contributed by atoms with Gasteiger partial charge in [0.15, 0.2) is 0 Å². The maximum absolute atomic E-state index is 4.60. The highest BCUT2D eigenvalue weighted by Crippen LogP contribution is 2.31. The summed E-state index contributed by atoms with van der Waals surface area (Å²) in [6.07, 6.45) is 6.07. The van der Waals surface area contributed by atoms with Crippen molar-refractivity contribution in [1.29, 1.82) is 0 Å². The van der Waals surface area contributed by atoms with Gasteiger partial charge < -0.3 is 0 Å². The lowest BCUT2D eigenvalue weighted by Gasteiger charge is -2.35. The zero-order valence-corrected chi connectivity index (χ0v) is 12.5. The van der Waals surface area contributed by atoms with Crippen LogP contribution in [0.5, 0.6) is 0 Å². The first-order valence-electron chi connectivity index (χ1n) is 7.07. The summed E-state index contributed by atoms with van der Waals surface area (Å²) >= 11 is 1.84. The van der Waals surface area contributed by atoms with Crippen LogP contribution in [0.3, 0.4) is 0 Å². The summed E-state index contributed by atoms with van der Waals surface area (Å²) in [5.41, 5.74) is 1.39. The van der Waals surface area contributed by atoms with Gasteiger partial charge in [-0.2, -0.15) is 0 Å². The van der Waals surface area contributed by atoms with Gasteiger partial charge >= 0.3 is 0 Å². The molecule has 1 aliphatic rings. The highest BCUT2D eigenvalue weighted by molar-refractivity contribution is 7.99. The third-order valence-corrected chi connectivity index (χ3v) is 4.47. The van der Waals surface area contributed by atoms with E-state index in [1.54, 1.807) is 0 Å². The van der Waals surface area contributed by atoms with Crippen molar-refractivity contribution in [3.63, 3.8) is 0 Å². The van der Waals surface area contributed by atoms with E-state index < -0.39 is 0 Å². The van der Waals surface area contributed by atoms with E-state index in [1.807, 2.05) is 11.8 Å². The number of piperidine rings is 1. The fourth-order valence-corrected chi connectivity index (χ4v) is 3.39. The smallest absolute Gasteiger partial charge is 0.0962 e. The van der Waals surface area contributed by atoms with Gasteiger partial charge in [0.25, 0.3) is 0 Å². The van der Waals surface area contributed by atoms with Gasteiger partial charge in [0.1, 0.15) is 0 Å². The Morgan fingerprint density at radius 1 is 1.39 bits per heavy atom. The molecule has 0 radical (unpaired) electrons. The number of aromatic nitrogens is 1. The van der Waals surface area contributed by atoms with Crippen LogP contribution in [0.4, 0.5) is 0 Å². The number of hydrogen-bond donors (Lipinski definition) is 0. The van der Waals surface area contributed by atoms with Gasteiger partial charge in [0, 0.05) is 17.5 Å². The summed E-state index contributed by atoms with van der Waals surface area (Å²) in [6.45, 7) is 9.06. The second-order valence-corrected chi connectivity index (χ2v) is 6.83. The Kier molecular flexibility index (Phi) is 5.07. The molecule has 3 heteroatoms. The first-order chi connectivity index (χ1) is 8.70. The lowest BCUT2D eigenvalue weighted by atomic mass is 9.96. The molecule has 1 fully saturated rings. The van der Waals surface area contributed by atoms with Crippen molar-refractivity contribution in [2.45, 2.75) is 56.4 Å². The van der Waals surface area contributed by atoms with Gasteiger partial charge in [0.2, 0.25) is 0 Å². The Bertz CT molecular complexity index is 361. The quantitative estimate of drug-likeness (QED) is 0.761. The minimum atomic E-state index is 0.592. The topological polar surface area (TPSA) is 16.1 Å². The van der Waals surface area contributed by atoms with Crippen LogP contribution in [0.25, 0.3) is 0 Å². The molecular formula is C15H24N2S. The minimum Gasteiger partial charge on any atom is -0.297 e. The van der Waals surface area contributed by atoms with E-state index in [4.69, 9.17) is 0 Å². The van der Waals surface area contributed by atoms with Crippen molar-refractivity contribution in [2.75, 3.05) is 13.1 Å². The van der Waals surface area contributed by atoms with Crippen molar-refractivity contribution in [3.8, 4) is 0 Å². The van der Waals surface area contributed by atoms with Gasteiger partial charge in [-0.3, -0.25) is 4.90 Å². The number of likely N-dealkylation sites (tertiary alicyclic amines) is 1. The summed E-state index contributed by atoms with van der Waals surface area (Å²) in [7, 11) is 0. The fourth-order valence-electron chi connectivity index (χ4n) is 2.65. The van der Waals surface area contributed by atoms with Gasteiger partial charge in [-0.15, -0.1) is 11.8 Å². The Labute approximate surface area is 115 Å². The molecule has 0 aromatic carbocycles. The molecule has 2 heterocycles. The van der Waals surface area contributed by atoms with Gasteiger partial charge in [-0.25, -0.2) is 4.98 Å². The molecule has 1 saturated heterocycles. The van der Waals surface area contributed by atoms with Crippen molar-refractivity contribution in [2.24, 2.45) is 0 Å². The van der Waals surface area contributed by atoms with Crippen LogP contribution in [0.2, 0.25) is 0 Å². The van der Waals surface area contributed by atoms with Crippen molar-refractivity contribution in [1.82, 2.24) is 9.88 Å². The molecule has 0 unspecified atom stereocenters. The second-order valence-electron chi connectivity index (χ2n) is 5.24. The van der Waals surface area contributed by atoms with E-state index >= 15 is 0 Å². The van der Waals surface area contributed by atoms with Crippen LogP contribution in [-0.2, 0) is 0 Å². The van der Waals surface area contributed by atoms with E-state index in [0.29, 0.717) is 11.3 Å². The third kappa shape index (κ3) is 3.48. The maximum Gasteiger partial charge on any atom is 0.0962 e. The van der Waals surface area contributed by atoms with Gasteiger partial charge in [-0.1, -0.05) is 33.3 Å². The number of thioether (sulfide) groups is 1. The molecule has 0 N–H and O–H groups in total. The molecule has 0 amide bonds. The van der Waals surface area contributed by atoms with E-state index in [1.165, 1.54) is 31.4 Å². The molecule has 1 aliphatic heterocycles. The van der Waals surface area contributed by atoms with E-state index in [-0.39, 0.29) is 0 Å². The molecule has 100 valence electrons. The van der Waals surface area contributed by atoms with Crippen LogP contribution < -0.4 is 0 Å². The van der Waals surface area contributed by atoms with E-state index in [0.717, 1.165) is 11.6 Å². The highest BCUT2D eigenvalue weighted by Gasteiger charge is 2.22. The average Bonchev–Trinajstić information content (AvgIpc) is 2.39. The first kappa shape index (κ1) is 13.9. The molecule has 0 aliphatic carbocycles. The zero-order chi connectivity index (χ0) is 13.0. The van der Waals surface area contributed by atoms with E-state index in [2.05, 4.69) is 49.0 Å². The summed E-state index contributed by atoms with van der Waals surface area (Å²) < 4.78 is 0. The summed E-state index contributed by atoms with van der Waals surface area (Å²) in [4.78, 5) is 7.18. The number of nitrogens with zero attached hydrogens (tertiary/aromatic N) is 2.